The van der Waals surface area contributed by atoms with Crippen LogP contribution in [0.1, 0.15) is 22.8 Å². The molecule has 1 rings (SSSR count). The number of methoxy groups -OCH3 is 1. The highest BCUT2D eigenvalue weighted by Crippen LogP contribution is 2.12. The lowest BCUT2D eigenvalue weighted by Crippen LogP contribution is -2.15. The van der Waals surface area contributed by atoms with E-state index < -0.39 is 11.8 Å². The molecule has 0 aliphatic heterocycles. The molecule has 1 atom stereocenters. The lowest BCUT2D eigenvalue weighted by molar-refractivity contribution is -0.00111. The number of carbonyl (C=O) groups is 1. The Labute approximate surface area is 99.0 Å². The van der Waals surface area contributed by atoms with Gasteiger partial charge in [0.25, 0.3) is 0 Å². The Morgan fingerprint density at radius 2 is 2.24 bits per heavy atom. The topological polar surface area (TPSA) is 55.8 Å². The molecule has 0 saturated heterocycles. The van der Waals surface area contributed by atoms with E-state index in [9.17, 15) is 9.18 Å². The van der Waals surface area contributed by atoms with E-state index in [1.54, 1.807) is 7.11 Å². The summed E-state index contributed by atoms with van der Waals surface area (Å²) in [6.45, 7) is 2.33. The Morgan fingerprint density at radius 3 is 2.76 bits per heavy atom. The first-order valence-electron chi connectivity index (χ1n) is 5.17. The standard InChI is InChI=1S/C12H15FO4/c1-8(6-16-2)17-7-10-4-3-9(12(14)15)5-11(10)13/h3-5,8H,6-7H2,1-2H3,(H,14,15). The normalized spacial score (nSPS) is 12.4. The van der Waals surface area contributed by atoms with Crippen molar-refractivity contribution in [3.63, 3.8) is 0 Å². The number of benzene rings is 1. The number of carboxylic acids is 1. The summed E-state index contributed by atoms with van der Waals surface area (Å²) in [5.74, 6) is -1.72. The number of halogens is 1. The predicted molar refractivity (Wildman–Crippen MR) is 59.5 cm³/mol. The number of hydrogen-bond acceptors (Lipinski definition) is 3. The molecule has 0 aromatic heterocycles. The van der Waals surface area contributed by atoms with E-state index in [1.807, 2.05) is 6.92 Å². The summed E-state index contributed by atoms with van der Waals surface area (Å²) in [5.41, 5.74) is 0.258. The first kappa shape index (κ1) is 13.6. The van der Waals surface area contributed by atoms with E-state index in [1.165, 1.54) is 12.1 Å². The van der Waals surface area contributed by atoms with Crippen molar-refractivity contribution in [1.29, 1.82) is 0 Å². The number of carboxylic acid groups (broad SMARTS) is 1. The molecule has 1 aromatic rings. The van der Waals surface area contributed by atoms with Gasteiger partial charge < -0.3 is 14.6 Å². The molecule has 1 N–H and O–H groups in total. The van der Waals surface area contributed by atoms with Gasteiger partial charge in [0.05, 0.1) is 24.9 Å². The van der Waals surface area contributed by atoms with Crippen LogP contribution in [0.5, 0.6) is 0 Å². The number of ether oxygens (including phenoxy) is 2. The molecule has 94 valence electrons. The SMILES string of the molecule is COCC(C)OCc1ccc(C(=O)O)cc1F. The van der Waals surface area contributed by atoms with Gasteiger partial charge in [0.15, 0.2) is 0 Å². The second-order valence-corrected chi connectivity index (χ2v) is 3.69. The van der Waals surface area contributed by atoms with Gasteiger partial charge in [0.1, 0.15) is 5.82 Å². The van der Waals surface area contributed by atoms with E-state index in [0.29, 0.717) is 12.2 Å². The molecule has 0 amide bonds. The van der Waals surface area contributed by atoms with Gasteiger partial charge in [-0.1, -0.05) is 6.07 Å². The first-order chi connectivity index (χ1) is 8.04. The van der Waals surface area contributed by atoms with Gasteiger partial charge in [-0.2, -0.15) is 0 Å². The van der Waals surface area contributed by atoms with Crippen LogP contribution in [0.15, 0.2) is 18.2 Å². The van der Waals surface area contributed by atoms with Gasteiger partial charge in [-0.3, -0.25) is 0 Å². The molecule has 0 aliphatic rings. The van der Waals surface area contributed by atoms with Gasteiger partial charge in [-0.15, -0.1) is 0 Å². The Balaban J connectivity index is 2.63. The van der Waals surface area contributed by atoms with Crippen LogP contribution >= 0.6 is 0 Å². The fourth-order valence-corrected chi connectivity index (χ4v) is 1.31. The summed E-state index contributed by atoms with van der Waals surface area (Å²) in [4.78, 5) is 10.6. The van der Waals surface area contributed by atoms with Gasteiger partial charge in [-0.25, -0.2) is 9.18 Å². The van der Waals surface area contributed by atoms with Gasteiger partial charge in [0.2, 0.25) is 0 Å². The van der Waals surface area contributed by atoms with Crippen molar-refractivity contribution in [2.24, 2.45) is 0 Å². The van der Waals surface area contributed by atoms with Crippen LogP contribution in [0.2, 0.25) is 0 Å². The Bertz CT molecular complexity index is 392. The van der Waals surface area contributed by atoms with Crippen LogP contribution in [0, 0.1) is 5.82 Å². The first-order valence-corrected chi connectivity index (χ1v) is 5.17. The van der Waals surface area contributed by atoms with Crippen molar-refractivity contribution in [2.75, 3.05) is 13.7 Å². The number of aromatic carboxylic acids is 1. The van der Waals surface area contributed by atoms with Crippen molar-refractivity contribution in [1.82, 2.24) is 0 Å². The summed E-state index contributed by atoms with van der Waals surface area (Å²) in [6, 6.07) is 3.76. The molecular formula is C12H15FO4. The molecule has 0 radical (unpaired) electrons. The maximum Gasteiger partial charge on any atom is 0.335 e. The van der Waals surface area contributed by atoms with Crippen LogP contribution in [-0.4, -0.2) is 30.9 Å². The zero-order valence-electron chi connectivity index (χ0n) is 9.77. The molecule has 0 spiro atoms. The van der Waals surface area contributed by atoms with Crippen molar-refractivity contribution < 1.29 is 23.8 Å². The molecule has 0 fully saturated rings. The Kier molecular flexibility index (Phi) is 5.06. The molecule has 1 unspecified atom stereocenters. The smallest absolute Gasteiger partial charge is 0.335 e. The summed E-state index contributed by atoms with van der Waals surface area (Å²) in [5, 5.41) is 8.67. The highest BCUT2D eigenvalue weighted by molar-refractivity contribution is 5.87. The van der Waals surface area contributed by atoms with Crippen molar-refractivity contribution in [3.8, 4) is 0 Å². The second-order valence-electron chi connectivity index (χ2n) is 3.69. The average molecular weight is 242 g/mol. The van der Waals surface area contributed by atoms with E-state index >= 15 is 0 Å². The molecule has 4 nitrogen and oxygen atoms in total. The third-order valence-corrected chi connectivity index (χ3v) is 2.22. The van der Waals surface area contributed by atoms with Crippen LogP contribution in [0.3, 0.4) is 0 Å². The van der Waals surface area contributed by atoms with E-state index in [2.05, 4.69) is 0 Å². The molecule has 17 heavy (non-hydrogen) atoms. The zero-order chi connectivity index (χ0) is 12.8. The van der Waals surface area contributed by atoms with E-state index in [0.717, 1.165) is 6.07 Å². The maximum atomic E-state index is 13.5. The fraction of sp³-hybridized carbons (Fsp3) is 0.417. The highest BCUT2D eigenvalue weighted by Gasteiger charge is 2.09. The van der Waals surface area contributed by atoms with E-state index in [4.69, 9.17) is 14.6 Å². The minimum absolute atomic E-state index is 0.0730. The summed E-state index contributed by atoms with van der Waals surface area (Å²) < 4.78 is 23.7. The minimum Gasteiger partial charge on any atom is -0.478 e. The summed E-state index contributed by atoms with van der Waals surface area (Å²) >= 11 is 0. The van der Waals surface area contributed by atoms with Crippen molar-refractivity contribution in [2.45, 2.75) is 19.6 Å². The van der Waals surface area contributed by atoms with Crippen LogP contribution < -0.4 is 0 Å². The second kappa shape index (κ2) is 6.32. The number of rotatable bonds is 6. The largest absolute Gasteiger partial charge is 0.478 e. The quantitative estimate of drug-likeness (QED) is 0.829. The Hall–Kier alpha value is -1.46. The van der Waals surface area contributed by atoms with E-state index in [-0.39, 0.29) is 18.3 Å². The number of hydrogen-bond donors (Lipinski definition) is 1. The minimum atomic E-state index is -1.15. The van der Waals surface area contributed by atoms with Gasteiger partial charge in [-0.05, 0) is 19.1 Å². The fourth-order valence-electron chi connectivity index (χ4n) is 1.31. The Morgan fingerprint density at radius 1 is 1.53 bits per heavy atom. The van der Waals surface area contributed by atoms with Gasteiger partial charge >= 0.3 is 5.97 Å². The molecule has 1 aromatic carbocycles. The average Bonchev–Trinajstić information content (AvgIpc) is 2.27. The summed E-state index contributed by atoms with van der Waals surface area (Å²) in [7, 11) is 1.56. The molecule has 0 bridgehead atoms. The molecule has 0 saturated carbocycles. The third-order valence-electron chi connectivity index (χ3n) is 2.22. The van der Waals surface area contributed by atoms with Crippen molar-refractivity contribution in [3.05, 3.63) is 35.1 Å². The van der Waals surface area contributed by atoms with Gasteiger partial charge in [0, 0.05) is 12.7 Å². The molecule has 0 aliphatic carbocycles. The maximum absolute atomic E-state index is 13.5. The highest BCUT2D eigenvalue weighted by atomic mass is 19.1. The summed E-state index contributed by atoms with van der Waals surface area (Å²) in [6.07, 6.45) is -0.140. The lowest BCUT2D eigenvalue weighted by atomic mass is 10.1. The van der Waals surface area contributed by atoms with Crippen LogP contribution in [-0.2, 0) is 16.1 Å². The van der Waals surface area contributed by atoms with Crippen molar-refractivity contribution >= 4 is 5.97 Å². The van der Waals surface area contributed by atoms with Crippen LogP contribution in [0.25, 0.3) is 0 Å². The third kappa shape index (κ3) is 4.13. The molecule has 5 heteroatoms. The zero-order valence-corrected chi connectivity index (χ0v) is 9.77. The molecular weight excluding hydrogens is 227 g/mol. The van der Waals surface area contributed by atoms with Crippen LogP contribution in [0.4, 0.5) is 4.39 Å². The predicted octanol–water partition coefficient (Wildman–Crippen LogP) is 2.08. The lowest BCUT2D eigenvalue weighted by Gasteiger charge is -2.12. The monoisotopic (exact) mass is 242 g/mol. The molecule has 0 heterocycles.